The van der Waals surface area contributed by atoms with Crippen LogP contribution in [0.2, 0.25) is 10.0 Å². The highest BCUT2D eigenvalue weighted by molar-refractivity contribution is 7.92. The SMILES string of the molecule is O=S(=O)(Nc1nc(C(F)(F)F)oc1-c1ccc(Cl)c(Cl)c1)c1ccccc1. The van der Waals surface area contributed by atoms with E-state index in [1.807, 2.05) is 4.72 Å². The smallest absolute Gasteiger partial charge is 0.430 e. The first-order valence-corrected chi connectivity index (χ1v) is 9.43. The zero-order valence-corrected chi connectivity index (χ0v) is 15.4. The number of nitrogens with zero attached hydrogens (tertiary/aromatic N) is 1. The van der Waals surface area contributed by atoms with Crippen molar-refractivity contribution in [1.82, 2.24) is 4.98 Å². The van der Waals surface area contributed by atoms with E-state index in [0.717, 1.165) is 0 Å². The lowest BCUT2D eigenvalue weighted by molar-refractivity contribution is -0.156. The standard InChI is InChI=1S/C16H9Cl2F3N2O3S/c17-11-7-6-9(8-12(11)18)13-14(22-15(26-13)16(19,20)21)23-27(24,25)10-4-2-1-3-5-10/h1-8,23H. The van der Waals surface area contributed by atoms with Gasteiger partial charge >= 0.3 is 12.1 Å². The quantitative estimate of drug-likeness (QED) is 0.588. The van der Waals surface area contributed by atoms with Gasteiger partial charge in [-0.1, -0.05) is 41.4 Å². The van der Waals surface area contributed by atoms with Gasteiger partial charge in [-0.15, -0.1) is 0 Å². The Morgan fingerprint density at radius 3 is 2.26 bits per heavy atom. The molecule has 0 spiro atoms. The summed E-state index contributed by atoms with van der Waals surface area (Å²) in [5.74, 6) is -2.67. The molecule has 0 fully saturated rings. The average Bonchev–Trinajstić information content (AvgIpc) is 3.01. The van der Waals surface area contributed by atoms with E-state index in [1.165, 1.54) is 42.5 Å². The fourth-order valence-electron chi connectivity index (χ4n) is 2.13. The number of benzene rings is 2. The Kier molecular flexibility index (Phi) is 5.11. The van der Waals surface area contributed by atoms with Crippen molar-refractivity contribution in [3.63, 3.8) is 0 Å². The van der Waals surface area contributed by atoms with Gasteiger partial charge in [-0.2, -0.15) is 18.2 Å². The van der Waals surface area contributed by atoms with Crippen LogP contribution in [0.3, 0.4) is 0 Å². The molecule has 0 aliphatic heterocycles. The van der Waals surface area contributed by atoms with Crippen LogP contribution in [-0.4, -0.2) is 13.4 Å². The summed E-state index contributed by atoms with van der Waals surface area (Å²) in [6.45, 7) is 0. The maximum absolute atomic E-state index is 13.0. The van der Waals surface area contributed by atoms with Crippen LogP contribution < -0.4 is 4.72 Å². The molecule has 0 aliphatic carbocycles. The van der Waals surface area contributed by atoms with E-state index in [-0.39, 0.29) is 20.5 Å². The molecule has 0 amide bonds. The Bertz CT molecular complexity index is 1080. The Morgan fingerprint density at radius 2 is 1.67 bits per heavy atom. The zero-order valence-electron chi connectivity index (χ0n) is 13.1. The van der Waals surface area contributed by atoms with Gasteiger partial charge in [-0.25, -0.2) is 8.42 Å². The number of rotatable bonds is 4. The number of hydrogen-bond acceptors (Lipinski definition) is 4. The van der Waals surface area contributed by atoms with Crippen molar-refractivity contribution in [2.24, 2.45) is 0 Å². The fourth-order valence-corrected chi connectivity index (χ4v) is 3.45. The molecule has 0 radical (unpaired) electrons. The van der Waals surface area contributed by atoms with E-state index in [9.17, 15) is 21.6 Å². The summed E-state index contributed by atoms with van der Waals surface area (Å²) >= 11 is 11.7. The number of halogens is 5. The molecule has 0 bridgehead atoms. The molecule has 142 valence electrons. The van der Waals surface area contributed by atoms with Crippen molar-refractivity contribution in [1.29, 1.82) is 0 Å². The van der Waals surface area contributed by atoms with Crippen LogP contribution >= 0.6 is 23.2 Å². The number of nitrogens with one attached hydrogen (secondary N) is 1. The van der Waals surface area contributed by atoms with E-state index >= 15 is 0 Å². The van der Waals surface area contributed by atoms with Gasteiger partial charge in [0, 0.05) is 5.56 Å². The minimum absolute atomic E-state index is 0.0518. The van der Waals surface area contributed by atoms with Crippen LogP contribution in [-0.2, 0) is 16.2 Å². The van der Waals surface area contributed by atoms with Gasteiger partial charge in [-0.05, 0) is 30.3 Å². The topological polar surface area (TPSA) is 72.2 Å². The van der Waals surface area contributed by atoms with E-state index in [2.05, 4.69) is 4.98 Å². The van der Waals surface area contributed by atoms with Crippen LogP contribution in [0.25, 0.3) is 11.3 Å². The van der Waals surface area contributed by atoms with Gasteiger partial charge in [0.1, 0.15) is 0 Å². The predicted molar refractivity (Wildman–Crippen MR) is 94.2 cm³/mol. The highest BCUT2D eigenvalue weighted by atomic mass is 35.5. The Labute approximate surface area is 161 Å². The van der Waals surface area contributed by atoms with E-state index in [1.54, 1.807) is 6.07 Å². The van der Waals surface area contributed by atoms with Gasteiger partial charge < -0.3 is 4.42 Å². The van der Waals surface area contributed by atoms with Gasteiger partial charge in [0.25, 0.3) is 10.0 Å². The Hall–Kier alpha value is -2.23. The molecule has 0 atom stereocenters. The molecule has 1 heterocycles. The second kappa shape index (κ2) is 7.06. The summed E-state index contributed by atoms with van der Waals surface area (Å²) in [5, 5.41) is 0.221. The molecule has 11 heteroatoms. The fraction of sp³-hybridized carbons (Fsp3) is 0.0625. The van der Waals surface area contributed by atoms with Crippen molar-refractivity contribution in [2.75, 3.05) is 4.72 Å². The molecular formula is C16H9Cl2F3N2O3S. The van der Waals surface area contributed by atoms with Crippen LogP contribution in [0.1, 0.15) is 5.89 Å². The maximum Gasteiger partial charge on any atom is 0.469 e. The first kappa shape index (κ1) is 19.5. The number of hydrogen-bond donors (Lipinski definition) is 1. The number of sulfonamides is 1. The normalized spacial score (nSPS) is 12.2. The average molecular weight is 437 g/mol. The summed E-state index contributed by atoms with van der Waals surface area (Å²) in [7, 11) is -4.19. The Morgan fingerprint density at radius 1 is 1.00 bits per heavy atom. The largest absolute Gasteiger partial charge is 0.469 e. The monoisotopic (exact) mass is 436 g/mol. The van der Waals surface area contributed by atoms with Gasteiger partial charge in [0.2, 0.25) is 0 Å². The van der Waals surface area contributed by atoms with Crippen molar-refractivity contribution in [2.45, 2.75) is 11.1 Å². The number of alkyl halides is 3. The third kappa shape index (κ3) is 4.20. The van der Waals surface area contributed by atoms with E-state index < -0.39 is 33.7 Å². The lowest BCUT2D eigenvalue weighted by Crippen LogP contribution is -2.14. The summed E-state index contributed by atoms with van der Waals surface area (Å²) < 4.78 is 70.7. The van der Waals surface area contributed by atoms with E-state index in [4.69, 9.17) is 27.6 Å². The summed E-state index contributed by atoms with van der Waals surface area (Å²) in [6.07, 6.45) is -4.92. The molecule has 1 N–H and O–H groups in total. The third-order valence-electron chi connectivity index (χ3n) is 3.34. The Balaban J connectivity index is 2.11. The van der Waals surface area contributed by atoms with Crippen molar-refractivity contribution in [3.8, 4) is 11.3 Å². The molecule has 3 aromatic rings. The van der Waals surface area contributed by atoms with Crippen LogP contribution in [0.4, 0.5) is 19.0 Å². The summed E-state index contributed by atoms with van der Waals surface area (Å²) in [5.41, 5.74) is 0.0677. The molecule has 27 heavy (non-hydrogen) atoms. The molecule has 0 unspecified atom stereocenters. The number of anilines is 1. The highest BCUT2D eigenvalue weighted by Crippen LogP contribution is 2.38. The van der Waals surface area contributed by atoms with E-state index in [0.29, 0.717) is 0 Å². The first-order valence-electron chi connectivity index (χ1n) is 7.19. The molecule has 1 aromatic heterocycles. The third-order valence-corrected chi connectivity index (χ3v) is 5.43. The van der Waals surface area contributed by atoms with Crippen molar-refractivity contribution in [3.05, 3.63) is 64.5 Å². The molecule has 3 rings (SSSR count). The lowest BCUT2D eigenvalue weighted by Gasteiger charge is -2.07. The van der Waals surface area contributed by atoms with Gasteiger partial charge in [0.05, 0.1) is 14.9 Å². The molecule has 0 saturated heterocycles. The second-order valence-corrected chi connectivity index (χ2v) is 7.74. The highest BCUT2D eigenvalue weighted by Gasteiger charge is 2.39. The lowest BCUT2D eigenvalue weighted by atomic mass is 10.2. The van der Waals surface area contributed by atoms with Crippen molar-refractivity contribution >= 4 is 39.0 Å². The molecule has 2 aromatic carbocycles. The molecule has 0 aliphatic rings. The minimum atomic E-state index is -4.92. The maximum atomic E-state index is 13.0. The molecule has 0 saturated carbocycles. The summed E-state index contributed by atoms with van der Waals surface area (Å²) in [4.78, 5) is 3.11. The first-order chi connectivity index (χ1) is 12.6. The van der Waals surface area contributed by atoms with Crippen molar-refractivity contribution < 1.29 is 26.0 Å². The van der Waals surface area contributed by atoms with Crippen LogP contribution in [0.15, 0.2) is 57.8 Å². The molecular weight excluding hydrogens is 428 g/mol. The number of aromatic nitrogens is 1. The summed E-state index contributed by atoms with van der Waals surface area (Å²) in [6, 6.07) is 11.0. The van der Waals surface area contributed by atoms with Crippen LogP contribution in [0.5, 0.6) is 0 Å². The minimum Gasteiger partial charge on any atom is -0.430 e. The number of oxazole rings is 1. The van der Waals surface area contributed by atoms with Gasteiger partial charge in [0.15, 0.2) is 11.6 Å². The van der Waals surface area contributed by atoms with Crippen LogP contribution in [0, 0.1) is 0 Å². The second-order valence-electron chi connectivity index (χ2n) is 5.24. The molecule has 5 nitrogen and oxygen atoms in total. The predicted octanol–water partition coefficient (Wildman–Crippen LogP) is 5.47. The van der Waals surface area contributed by atoms with Gasteiger partial charge in [-0.3, -0.25) is 4.72 Å². The zero-order chi connectivity index (χ0) is 19.8.